The Labute approximate surface area is 126 Å². The zero-order valence-electron chi connectivity index (χ0n) is 11.4. The van der Waals surface area contributed by atoms with Crippen LogP contribution < -0.4 is 5.43 Å². The fraction of sp³-hybridized carbons (Fsp3) is 0.0625. The predicted molar refractivity (Wildman–Crippen MR) is 76.8 cm³/mol. The van der Waals surface area contributed by atoms with Crippen LogP contribution in [0.2, 0.25) is 0 Å². The van der Waals surface area contributed by atoms with Crippen LogP contribution in [0.15, 0.2) is 60.7 Å². The first-order valence-corrected chi connectivity index (χ1v) is 6.62. The number of imide groups is 1. The molecule has 1 aliphatic heterocycles. The molecule has 1 atom stereocenters. The minimum Gasteiger partial charge on any atom is -0.419 e. The number of nitrogens with one attached hydrogen (secondary N) is 1. The van der Waals surface area contributed by atoms with Gasteiger partial charge in [-0.05, 0) is 12.1 Å². The SMILES string of the molecule is O=C(c1ccccc1)C1NN(C(=O)c2ccccc2)C(=O)O1. The van der Waals surface area contributed by atoms with Crippen LogP contribution in [0.4, 0.5) is 4.79 Å². The molecule has 1 heterocycles. The molecule has 1 N–H and O–H groups in total. The van der Waals surface area contributed by atoms with E-state index in [1.54, 1.807) is 60.7 Å². The van der Waals surface area contributed by atoms with Gasteiger partial charge < -0.3 is 4.74 Å². The lowest BCUT2D eigenvalue weighted by atomic mass is 10.1. The Morgan fingerprint density at radius 2 is 1.45 bits per heavy atom. The largest absolute Gasteiger partial charge is 0.433 e. The molecule has 110 valence electrons. The standard InChI is InChI=1S/C16H12N2O4/c19-13(11-7-3-1-4-8-11)14-17-18(16(21)22-14)15(20)12-9-5-2-6-10-12/h1-10,14,17H. The van der Waals surface area contributed by atoms with E-state index in [4.69, 9.17) is 4.74 Å². The number of cyclic esters (lactones) is 1. The van der Waals surface area contributed by atoms with Gasteiger partial charge in [0.1, 0.15) is 0 Å². The van der Waals surface area contributed by atoms with Crippen molar-refractivity contribution in [2.24, 2.45) is 0 Å². The quantitative estimate of drug-likeness (QED) is 0.877. The second kappa shape index (κ2) is 5.79. The maximum Gasteiger partial charge on any atom is 0.433 e. The van der Waals surface area contributed by atoms with E-state index in [0.717, 1.165) is 0 Å². The number of benzene rings is 2. The van der Waals surface area contributed by atoms with Crippen molar-refractivity contribution >= 4 is 17.8 Å². The summed E-state index contributed by atoms with van der Waals surface area (Å²) < 4.78 is 4.94. The van der Waals surface area contributed by atoms with Crippen molar-refractivity contribution in [2.45, 2.75) is 6.23 Å². The summed E-state index contributed by atoms with van der Waals surface area (Å²) in [6.07, 6.45) is -2.11. The van der Waals surface area contributed by atoms with Gasteiger partial charge in [0, 0.05) is 11.1 Å². The van der Waals surface area contributed by atoms with Crippen LogP contribution in [0.3, 0.4) is 0 Å². The highest BCUT2D eigenvalue weighted by atomic mass is 16.6. The molecule has 0 spiro atoms. The summed E-state index contributed by atoms with van der Waals surface area (Å²) in [4.78, 5) is 36.2. The summed E-state index contributed by atoms with van der Waals surface area (Å²) in [6.45, 7) is 0. The topological polar surface area (TPSA) is 75.7 Å². The van der Waals surface area contributed by atoms with Crippen LogP contribution in [0, 0.1) is 0 Å². The molecular formula is C16H12N2O4. The van der Waals surface area contributed by atoms with Crippen molar-refractivity contribution < 1.29 is 19.1 Å². The van der Waals surface area contributed by atoms with E-state index in [2.05, 4.69) is 5.43 Å². The van der Waals surface area contributed by atoms with E-state index in [0.29, 0.717) is 16.1 Å². The third-order valence-corrected chi connectivity index (χ3v) is 3.17. The Hall–Kier alpha value is -2.99. The van der Waals surface area contributed by atoms with Gasteiger partial charge in [0.25, 0.3) is 5.91 Å². The van der Waals surface area contributed by atoms with Gasteiger partial charge >= 0.3 is 6.09 Å². The summed E-state index contributed by atoms with van der Waals surface area (Å²) >= 11 is 0. The first-order valence-electron chi connectivity index (χ1n) is 6.62. The number of ether oxygens (including phenoxy) is 1. The summed E-state index contributed by atoms with van der Waals surface area (Å²) in [7, 11) is 0. The number of carbonyl (C=O) groups excluding carboxylic acids is 3. The van der Waals surface area contributed by atoms with Gasteiger partial charge in [-0.3, -0.25) is 9.59 Å². The van der Waals surface area contributed by atoms with Gasteiger partial charge in [0.15, 0.2) is 0 Å². The zero-order valence-corrected chi connectivity index (χ0v) is 11.4. The lowest BCUT2D eigenvalue weighted by Gasteiger charge is -2.11. The molecule has 6 heteroatoms. The molecular weight excluding hydrogens is 284 g/mol. The maximum absolute atomic E-state index is 12.2. The molecule has 2 amide bonds. The number of hydrazine groups is 1. The van der Waals surface area contributed by atoms with Crippen molar-refractivity contribution in [3.05, 3.63) is 71.8 Å². The summed E-state index contributed by atoms with van der Waals surface area (Å²) in [5.41, 5.74) is 3.21. The fourth-order valence-corrected chi connectivity index (χ4v) is 2.07. The molecule has 0 radical (unpaired) electrons. The molecule has 1 unspecified atom stereocenters. The lowest BCUT2D eigenvalue weighted by Crippen LogP contribution is -2.44. The van der Waals surface area contributed by atoms with E-state index in [9.17, 15) is 14.4 Å². The first-order chi connectivity index (χ1) is 10.7. The van der Waals surface area contributed by atoms with Gasteiger partial charge in [-0.15, -0.1) is 0 Å². The summed E-state index contributed by atoms with van der Waals surface area (Å²) in [5, 5.41) is 0.709. The van der Waals surface area contributed by atoms with E-state index < -0.39 is 24.0 Å². The maximum atomic E-state index is 12.2. The van der Waals surface area contributed by atoms with E-state index >= 15 is 0 Å². The molecule has 0 saturated carbocycles. The molecule has 0 bridgehead atoms. The monoisotopic (exact) mass is 296 g/mol. The van der Waals surface area contributed by atoms with E-state index in [1.165, 1.54) is 0 Å². The third-order valence-electron chi connectivity index (χ3n) is 3.17. The fourth-order valence-electron chi connectivity index (χ4n) is 2.07. The highest BCUT2D eigenvalue weighted by molar-refractivity contribution is 6.06. The number of carbonyl (C=O) groups is 3. The Balaban J connectivity index is 1.76. The Morgan fingerprint density at radius 3 is 2.05 bits per heavy atom. The number of hydrogen-bond donors (Lipinski definition) is 1. The Morgan fingerprint density at radius 1 is 0.909 bits per heavy atom. The molecule has 6 nitrogen and oxygen atoms in total. The highest BCUT2D eigenvalue weighted by Gasteiger charge is 2.39. The average Bonchev–Trinajstić information content (AvgIpc) is 2.97. The van der Waals surface area contributed by atoms with Gasteiger partial charge in [0.05, 0.1) is 0 Å². The molecule has 1 fully saturated rings. The van der Waals surface area contributed by atoms with Gasteiger partial charge in [-0.1, -0.05) is 48.5 Å². The molecule has 0 aromatic heterocycles. The first kappa shape index (κ1) is 14.0. The number of rotatable bonds is 3. The van der Waals surface area contributed by atoms with Crippen molar-refractivity contribution in [3.8, 4) is 0 Å². The molecule has 2 aromatic rings. The molecule has 22 heavy (non-hydrogen) atoms. The van der Waals surface area contributed by atoms with Crippen LogP contribution in [0.5, 0.6) is 0 Å². The van der Waals surface area contributed by atoms with E-state index in [-0.39, 0.29) is 0 Å². The minimum absolute atomic E-state index is 0.319. The average molecular weight is 296 g/mol. The number of hydrogen-bond acceptors (Lipinski definition) is 5. The van der Waals surface area contributed by atoms with Crippen molar-refractivity contribution in [1.82, 2.24) is 10.4 Å². The third kappa shape index (κ3) is 2.59. The summed E-state index contributed by atoms with van der Waals surface area (Å²) in [5.74, 6) is -0.994. The van der Waals surface area contributed by atoms with E-state index in [1.807, 2.05) is 0 Å². The van der Waals surface area contributed by atoms with Crippen LogP contribution in [-0.4, -0.2) is 29.0 Å². The van der Waals surface area contributed by atoms with Crippen LogP contribution in [0.1, 0.15) is 20.7 Å². The minimum atomic E-state index is -1.21. The Kier molecular flexibility index (Phi) is 3.67. The van der Waals surface area contributed by atoms with Crippen molar-refractivity contribution in [1.29, 1.82) is 0 Å². The number of ketones is 1. The second-order valence-electron chi connectivity index (χ2n) is 4.63. The highest BCUT2D eigenvalue weighted by Crippen LogP contribution is 2.14. The van der Waals surface area contributed by atoms with Gasteiger partial charge in [-0.25, -0.2) is 4.79 Å². The van der Waals surface area contributed by atoms with Crippen LogP contribution in [-0.2, 0) is 4.74 Å². The zero-order chi connectivity index (χ0) is 15.5. The normalized spacial score (nSPS) is 17.2. The smallest absolute Gasteiger partial charge is 0.419 e. The van der Waals surface area contributed by atoms with Gasteiger partial charge in [0.2, 0.25) is 12.0 Å². The van der Waals surface area contributed by atoms with Gasteiger partial charge in [-0.2, -0.15) is 10.4 Å². The number of nitrogens with zero attached hydrogens (tertiary/aromatic N) is 1. The molecule has 3 rings (SSSR count). The number of Topliss-reactive ketones (excluding diaryl/α,β-unsaturated/α-hetero) is 1. The molecule has 1 aliphatic rings. The van der Waals surface area contributed by atoms with Crippen LogP contribution >= 0.6 is 0 Å². The molecule has 2 aromatic carbocycles. The second-order valence-corrected chi connectivity index (χ2v) is 4.63. The van der Waals surface area contributed by atoms with Crippen molar-refractivity contribution in [3.63, 3.8) is 0 Å². The predicted octanol–water partition coefficient (Wildman–Crippen LogP) is 1.99. The molecule has 0 aliphatic carbocycles. The number of amides is 2. The van der Waals surface area contributed by atoms with Crippen molar-refractivity contribution in [2.75, 3.05) is 0 Å². The summed E-state index contributed by atoms with van der Waals surface area (Å²) in [6, 6.07) is 16.7. The van der Waals surface area contributed by atoms with Crippen LogP contribution in [0.25, 0.3) is 0 Å². The Bertz CT molecular complexity index is 715. The lowest BCUT2D eigenvalue weighted by molar-refractivity contribution is 0.0699. The molecule has 1 saturated heterocycles.